The van der Waals surface area contributed by atoms with Crippen molar-refractivity contribution in [2.24, 2.45) is 14.1 Å². The van der Waals surface area contributed by atoms with Gasteiger partial charge in [-0.25, -0.2) is 4.79 Å². The minimum atomic E-state index is -0.352. The van der Waals surface area contributed by atoms with Crippen molar-refractivity contribution in [3.05, 3.63) is 34.2 Å². The van der Waals surface area contributed by atoms with Gasteiger partial charge in [-0.1, -0.05) is 6.07 Å². The van der Waals surface area contributed by atoms with Crippen molar-refractivity contribution in [3.63, 3.8) is 0 Å². The second-order valence-electron chi connectivity index (χ2n) is 4.70. The number of nitrogens with one attached hydrogen (secondary N) is 1. The molecule has 1 heterocycles. The first-order chi connectivity index (χ1) is 8.50. The molecule has 106 valence electrons. The molecule has 0 bridgehead atoms. The van der Waals surface area contributed by atoms with Gasteiger partial charge in [0.25, 0.3) is 0 Å². The van der Waals surface area contributed by atoms with Crippen LogP contribution in [0.1, 0.15) is 12.5 Å². The van der Waals surface area contributed by atoms with Crippen LogP contribution in [0.2, 0.25) is 0 Å². The number of imidazole rings is 1. The Hall–Kier alpha value is -1.30. The lowest BCUT2D eigenvalue weighted by Gasteiger charge is -2.07. The largest absolute Gasteiger partial charge is 1.00 e. The van der Waals surface area contributed by atoms with E-state index in [0.29, 0.717) is 13.1 Å². The number of aliphatic hydroxyl groups is 1. The molecule has 5 nitrogen and oxygen atoms in total. The van der Waals surface area contributed by atoms with Gasteiger partial charge in [0.2, 0.25) is 0 Å². The van der Waals surface area contributed by atoms with Crippen LogP contribution in [0.4, 0.5) is 0 Å². The van der Waals surface area contributed by atoms with Crippen LogP contribution in [0.15, 0.2) is 23.0 Å². The average Bonchev–Trinajstić information content (AvgIpc) is 2.54. The summed E-state index contributed by atoms with van der Waals surface area (Å²) >= 11 is 0. The molecule has 0 amide bonds. The third kappa shape index (κ3) is 3.18. The van der Waals surface area contributed by atoms with Gasteiger partial charge in [-0.3, -0.25) is 9.13 Å². The van der Waals surface area contributed by atoms with Crippen molar-refractivity contribution in [2.45, 2.75) is 19.6 Å². The molecule has 1 aromatic carbocycles. The van der Waals surface area contributed by atoms with Crippen molar-refractivity contribution in [1.29, 1.82) is 0 Å². The molecule has 2 aromatic rings. The zero-order chi connectivity index (χ0) is 13.3. The number of halogens is 1. The minimum Gasteiger partial charge on any atom is -1.00 e. The Balaban J connectivity index is 0.00000180. The minimum absolute atomic E-state index is 0. The highest BCUT2D eigenvalue weighted by atomic mass is 35.5. The van der Waals surface area contributed by atoms with Crippen molar-refractivity contribution in [2.75, 3.05) is 6.54 Å². The molecule has 2 N–H and O–H groups in total. The number of benzene rings is 1. The fraction of sp³-hybridized carbons (Fsp3) is 0.462. The van der Waals surface area contributed by atoms with Gasteiger partial charge in [-0.2, -0.15) is 0 Å². The molecule has 0 spiro atoms. The van der Waals surface area contributed by atoms with Gasteiger partial charge in [0, 0.05) is 27.2 Å². The van der Waals surface area contributed by atoms with Gasteiger partial charge in [-0.15, -0.1) is 0 Å². The highest BCUT2D eigenvalue weighted by Gasteiger charge is 2.07. The molecule has 0 saturated carbocycles. The monoisotopic (exact) mass is 284 g/mol. The molecule has 1 aromatic heterocycles. The molecule has 2 rings (SSSR count). The number of aromatic nitrogens is 2. The zero-order valence-corrected chi connectivity index (χ0v) is 12.1. The van der Waals surface area contributed by atoms with E-state index in [2.05, 4.69) is 5.32 Å². The van der Waals surface area contributed by atoms with E-state index in [0.717, 1.165) is 16.6 Å². The van der Waals surface area contributed by atoms with Gasteiger partial charge in [0.1, 0.15) is 0 Å². The Morgan fingerprint density at radius 1 is 1.26 bits per heavy atom. The number of rotatable bonds is 4. The third-order valence-corrected chi connectivity index (χ3v) is 3.11. The first-order valence-corrected chi connectivity index (χ1v) is 6.04. The lowest BCUT2D eigenvalue weighted by Crippen LogP contribution is -3.00. The molecular weight excluding hydrogens is 266 g/mol. The van der Waals surface area contributed by atoms with Crippen LogP contribution >= 0.6 is 0 Å². The summed E-state index contributed by atoms with van der Waals surface area (Å²) in [7, 11) is 3.55. The molecule has 0 saturated heterocycles. The topological polar surface area (TPSA) is 59.2 Å². The quantitative estimate of drug-likeness (QED) is 0.645. The van der Waals surface area contributed by atoms with Gasteiger partial charge in [0.15, 0.2) is 0 Å². The third-order valence-electron chi connectivity index (χ3n) is 3.11. The van der Waals surface area contributed by atoms with E-state index in [9.17, 15) is 9.90 Å². The van der Waals surface area contributed by atoms with Crippen LogP contribution in [-0.2, 0) is 20.6 Å². The SMILES string of the molecule is CC(O)CNCc1ccc2c(c1)n(C)c(=O)n2C.[Cl-]. The smallest absolute Gasteiger partial charge is 0.328 e. The molecule has 1 unspecified atom stereocenters. The van der Waals surface area contributed by atoms with E-state index in [1.165, 1.54) is 0 Å². The number of nitrogens with zero attached hydrogens (tertiary/aromatic N) is 2. The summed E-state index contributed by atoms with van der Waals surface area (Å²) in [5.41, 5.74) is 2.95. The van der Waals surface area contributed by atoms with Crippen LogP contribution < -0.4 is 23.4 Å². The molecule has 6 heteroatoms. The summed E-state index contributed by atoms with van der Waals surface area (Å²) in [5, 5.41) is 12.3. The predicted octanol–water partition coefficient (Wildman–Crippen LogP) is -2.65. The summed E-state index contributed by atoms with van der Waals surface area (Å²) in [6.45, 7) is 2.99. The average molecular weight is 285 g/mol. The van der Waals surface area contributed by atoms with Crippen LogP contribution in [0, 0.1) is 0 Å². The second-order valence-corrected chi connectivity index (χ2v) is 4.70. The Morgan fingerprint density at radius 2 is 1.89 bits per heavy atom. The summed E-state index contributed by atoms with van der Waals surface area (Å²) in [6, 6.07) is 5.96. The molecule has 0 radical (unpaired) electrons. The van der Waals surface area contributed by atoms with E-state index in [4.69, 9.17) is 0 Å². The lowest BCUT2D eigenvalue weighted by atomic mass is 10.2. The Kier molecular flexibility index (Phi) is 5.17. The van der Waals surface area contributed by atoms with Gasteiger partial charge < -0.3 is 22.8 Å². The van der Waals surface area contributed by atoms with E-state index in [1.807, 2.05) is 18.2 Å². The van der Waals surface area contributed by atoms with E-state index < -0.39 is 0 Å². The maximum atomic E-state index is 11.8. The van der Waals surface area contributed by atoms with Crippen LogP contribution in [0.5, 0.6) is 0 Å². The molecule has 1 atom stereocenters. The standard InChI is InChI=1S/C13H19N3O2.ClH/c1-9(17)7-14-8-10-4-5-11-12(6-10)16(3)13(18)15(11)2;/h4-6,9,14,17H,7-8H2,1-3H3;1H/p-1. The highest BCUT2D eigenvalue weighted by Crippen LogP contribution is 2.13. The number of fused-ring (bicyclic) bond motifs is 1. The summed E-state index contributed by atoms with van der Waals surface area (Å²) in [6.07, 6.45) is -0.352. The van der Waals surface area contributed by atoms with E-state index in [-0.39, 0.29) is 24.2 Å². The first-order valence-electron chi connectivity index (χ1n) is 6.04. The maximum absolute atomic E-state index is 11.8. The molecular formula is C13H19ClN3O2-. The summed E-state index contributed by atoms with van der Waals surface area (Å²) in [4.78, 5) is 11.8. The van der Waals surface area contributed by atoms with Gasteiger partial charge in [-0.05, 0) is 24.6 Å². The number of hydrogen-bond donors (Lipinski definition) is 2. The Morgan fingerprint density at radius 3 is 2.53 bits per heavy atom. The van der Waals surface area contributed by atoms with Gasteiger partial charge in [0.05, 0.1) is 17.1 Å². The van der Waals surface area contributed by atoms with Crippen molar-refractivity contribution in [1.82, 2.24) is 14.5 Å². The van der Waals surface area contributed by atoms with E-state index >= 15 is 0 Å². The number of aryl methyl sites for hydroxylation is 2. The molecule has 0 fully saturated rings. The molecule has 0 aliphatic rings. The lowest BCUT2D eigenvalue weighted by molar-refractivity contribution is -0.00000613. The number of aliphatic hydroxyl groups excluding tert-OH is 1. The molecule has 0 aliphatic heterocycles. The fourth-order valence-corrected chi connectivity index (χ4v) is 2.09. The number of hydrogen-bond acceptors (Lipinski definition) is 3. The maximum Gasteiger partial charge on any atom is 0.328 e. The normalized spacial score (nSPS) is 12.4. The van der Waals surface area contributed by atoms with Crippen molar-refractivity contribution >= 4 is 11.0 Å². The fourth-order valence-electron chi connectivity index (χ4n) is 2.09. The Bertz CT molecular complexity index is 616. The van der Waals surface area contributed by atoms with Crippen molar-refractivity contribution < 1.29 is 17.5 Å². The zero-order valence-electron chi connectivity index (χ0n) is 11.4. The highest BCUT2D eigenvalue weighted by molar-refractivity contribution is 5.76. The van der Waals surface area contributed by atoms with Gasteiger partial charge >= 0.3 is 5.69 Å². The second kappa shape index (κ2) is 6.23. The molecule has 0 aliphatic carbocycles. The first kappa shape index (κ1) is 15.8. The van der Waals surface area contributed by atoms with E-state index in [1.54, 1.807) is 30.2 Å². The van der Waals surface area contributed by atoms with Crippen LogP contribution in [-0.4, -0.2) is 26.9 Å². The summed E-state index contributed by atoms with van der Waals surface area (Å²) in [5.74, 6) is 0. The van der Waals surface area contributed by atoms with Crippen LogP contribution in [0.25, 0.3) is 11.0 Å². The predicted molar refractivity (Wildman–Crippen MR) is 71.5 cm³/mol. The van der Waals surface area contributed by atoms with Crippen LogP contribution in [0.3, 0.4) is 0 Å². The molecule has 19 heavy (non-hydrogen) atoms. The summed E-state index contributed by atoms with van der Waals surface area (Å²) < 4.78 is 3.29. The van der Waals surface area contributed by atoms with Crippen molar-refractivity contribution in [3.8, 4) is 0 Å². The Labute approximate surface area is 118 Å².